The van der Waals surface area contributed by atoms with Crippen molar-refractivity contribution in [3.8, 4) is 0 Å². The van der Waals surface area contributed by atoms with Crippen molar-refractivity contribution in [3.05, 3.63) is 0 Å². The van der Waals surface area contributed by atoms with E-state index in [9.17, 15) is 43.2 Å². The molecule has 0 saturated heterocycles. The van der Waals surface area contributed by atoms with Crippen LogP contribution in [0.4, 0.5) is 0 Å². The maximum Gasteiger partial charge on any atom is 0.472 e. The largest absolute Gasteiger partial charge is 0.472 e. The van der Waals surface area contributed by atoms with Crippen molar-refractivity contribution >= 4 is 39.5 Å². The molecule has 0 aliphatic rings. The van der Waals surface area contributed by atoms with E-state index in [1.165, 1.54) is 148 Å². The van der Waals surface area contributed by atoms with Gasteiger partial charge in [-0.3, -0.25) is 37.3 Å². The van der Waals surface area contributed by atoms with Gasteiger partial charge in [-0.2, -0.15) is 0 Å². The molecule has 0 aromatic heterocycles. The van der Waals surface area contributed by atoms with Gasteiger partial charge in [0.1, 0.15) is 19.3 Å². The number of rotatable bonds is 67. The number of unbranched alkanes of at least 4 members (excludes halogenated alkanes) is 32. The standard InChI is InChI=1S/C70H136O17P2/c1-9-63(8)49-41-33-24-16-14-12-10-11-13-15-17-27-36-44-52-69(74)86-65(56-80-67(72)50-42-34-25-20-18-22-30-38-46-60(2)3)58-84-88(76,77)82-54-64(71)55-83-89(78,79)85-59-66(87-70(75)53-45-37-29-28-32-40-48-62(6)7)57-81-68(73)51-43-35-26-21-19-23-31-39-47-61(4)5/h60-66,71H,9-59H2,1-8H3,(H,76,77)(H,78,79)/t63?,64?,65-,66-/m1/s1. The molecule has 0 heterocycles. The number of ether oxygens (including phenoxy) is 4. The molecule has 528 valence electrons. The Morgan fingerprint density at radius 2 is 0.539 bits per heavy atom. The minimum atomic E-state index is -4.95. The second-order valence-electron chi connectivity index (χ2n) is 26.9. The molecule has 0 saturated carbocycles. The van der Waals surface area contributed by atoms with Gasteiger partial charge in [-0.1, -0.05) is 293 Å². The fourth-order valence-electron chi connectivity index (χ4n) is 10.5. The van der Waals surface area contributed by atoms with Crippen molar-refractivity contribution < 1.29 is 80.2 Å². The average molecular weight is 1310 g/mol. The van der Waals surface area contributed by atoms with E-state index < -0.39 is 97.5 Å². The van der Waals surface area contributed by atoms with Crippen LogP contribution >= 0.6 is 15.6 Å². The molecule has 0 amide bonds. The van der Waals surface area contributed by atoms with Crippen LogP contribution in [0, 0.1) is 23.7 Å². The van der Waals surface area contributed by atoms with Crippen LogP contribution in [0.25, 0.3) is 0 Å². The Morgan fingerprint density at radius 3 is 0.798 bits per heavy atom. The molecule has 0 bridgehead atoms. The number of phosphoric acid groups is 2. The third-order valence-electron chi connectivity index (χ3n) is 16.4. The Morgan fingerprint density at radius 1 is 0.315 bits per heavy atom. The molecule has 0 fully saturated rings. The highest BCUT2D eigenvalue weighted by Crippen LogP contribution is 2.45. The van der Waals surface area contributed by atoms with Gasteiger partial charge in [0.25, 0.3) is 0 Å². The van der Waals surface area contributed by atoms with Crippen molar-refractivity contribution in [1.29, 1.82) is 0 Å². The smallest absolute Gasteiger partial charge is 0.462 e. The molecule has 0 aliphatic heterocycles. The van der Waals surface area contributed by atoms with Crippen molar-refractivity contribution in [1.82, 2.24) is 0 Å². The molecule has 0 spiro atoms. The monoisotopic (exact) mass is 1310 g/mol. The van der Waals surface area contributed by atoms with Crippen molar-refractivity contribution in [2.45, 2.75) is 363 Å². The molecule has 89 heavy (non-hydrogen) atoms. The fourth-order valence-corrected chi connectivity index (χ4v) is 12.0. The lowest BCUT2D eigenvalue weighted by atomic mass is 9.99. The lowest BCUT2D eigenvalue weighted by Gasteiger charge is -2.21. The molecule has 0 radical (unpaired) electrons. The number of aliphatic hydroxyl groups excluding tert-OH is 1. The summed E-state index contributed by atoms with van der Waals surface area (Å²) >= 11 is 0. The van der Waals surface area contributed by atoms with Crippen LogP contribution in [-0.4, -0.2) is 96.7 Å². The van der Waals surface area contributed by atoms with Crippen LogP contribution in [0.2, 0.25) is 0 Å². The van der Waals surface area contributed by atoms with E-state index in [2.05, 4.69) is 55.4 Å². The highest BCUT2D eigenvalue weighted by molar-refractivity contribution is 7.47. The van der Waals surface area contributed by atoms with Gasteiger partial charge < -0.3 is 33.8 Å². The second kappa shape index (κ2) is 59.8. The predicted octanol–water partition coefficient (Wildman–Crippen LogP) is 19.7. The van der Waals surface area contributed by atoms with Gasteiger partial charge in [0.15, 0.2) is 12.2 Å². The first-order chi connectivity index (χ1) is 42.6. The Bertz CT molecular complexity index is 1770. The van der Waals surface area contributed by atoms with Crippen molar-refractivity contribution in [2.24, 2.45) is 23.7 Å². The van der Waals surface area contributed by atoms with Crippen LogP contribution in [-0.2, 0) is 65.4 Å². The summed E-state index contributed by atoms with van der Waals surface area (Å²) in [6, 6.07) is 0. The molecule has 0 aromatic carbocycles. The zero-order valence-electron chi connectivity index (χ0n) is 58.1. The van der Waals surface area contributed by atoms with Crippen LogP contribution in [0.1, 0.15) is 344 Å². The molecule has 0 aromatic rings. The fraction of sp³-hybridized carbons (Fsp3) is 0.943. The predicted molar refractivity (Wildman–Crippen MR) is 358 cm³/mol. The quantitative estimate of drug-likeness (QED) is 0.0222. The number of hydrogen-bond acceptors (Lipinski definition) is 15. The molecule has 4 unspecified atom stereocenters. The summed E-state index contributed by atoms with van der Waals surface area (Å²) in [7, 11) is -9.90. The molecule has 17 nitrogen and oxygen atoms in total. The lowest BCUT2D eigenvalue weighted by molar-refractivity contribution is -0.161. The molecule has 0 aliphatic carbocycles. The first kappa shape index (κ1) is 87.1. The molecule has 6 atom stereocenters. The van der Waals surface area contributed by atoms with Crippen LogP contribution in [0.3, 0.4) is 0 Å². The van der Waals surface area contributed by atoms with Gasteiger partial charge in [-0.05, 0) is 49.4 Å². The average Bonchev–Trinajstić information content (AvgIpc) is 3.50. The van der Waals surface area contributed by atoms with E-state index in [1.807, 2.05) is 0 Å². The van der Waals surface area contributed by atoms with Gasteiger partial charge in [-0.25, -0.2) is 9.13 Å². The van der Waals surface area contributed by atoms with E-state index in [-0.39, 0.29) is 25.7 Å². The molecule has 19 heteroatoms. The number of hydrogen-bond donors (Lipinski definition) is 3. The third-order valence-corrected chi connectivity index (χ3v) is 18.3. The van der Waals surface area contributed by atoms with Crippen LogP contribution < -0.4 is 0 Å². The zero-order valence-corrected chi connectivity index (χ0v) is 59.8. The minimum absolute atomic E-state index is 0.101. The van der Waals surface area contributed by atoms with Crippen molar-refractivity contribution in [2.75, 3.05) is 39.6 Å². The Balaban J connectivity index is 5.21. The van der Waals surface area contributed by atoms with Crippen molar-refractivity contribution in [3.63, 3.8) is 0 Å². The summed E-state index contributed by atoms with van der Waals surface area (Å²) in [4.78, 5) is 72.5. The Hall–Kier alpha value is -1.94. The summed E-state index contributed by atoms with van der Waals surface area (Å²) in [6.45, 7) is 14.0. The number of carbonyl (C=O) groups excluding carboxylic acids is 4. The molecule has 0 rings (SSSR count). The van der Waals surface area contributed by atoms with Gasteiger partial charge in [-0.15, -0.1) is 0 Å². The second-order valence-corrected chi connectivity index (χ2v) is 29.8. The Labute approximate surface area is 543 Å². The maximum atomic E-state index is 13.0. The van der Waals surface area contributed by atoms with E-state index in [0.29, 0.717) is 31.6 Å². The van der Waals surface area contributed by atoms with E-state index in [0.717, 1.165) is 108 Å². The van der Waals surface area contributed by atoms with E-state index in [4.69, 9.17) is 37.0 Å². The van der Waals surface area contributed by atoms with Crippen LogP contribution in [0.5, 0.6) is 0 Å². The van der Waals surface area contributed by atoms with Gasteiger partial charge in [0, 0.05) is 25.7 Å². The van der Waals surface area contributed by atoms with E-state index >= 15 is 0 Å². The van der Waals surface area contributed by atoms with Crippen LogP contribution in [0.15, 0.2) is 0 Å². The number of esters is 4. The highest BCUT2D eigenvalue weighted by atomic mass is 31.2. The molecular weight excluding hydrogens is 1170 g/mol. The summed E-state index contributed by atoms with van der Waals surface area (Å²) in [5.74, 6) is 0.833. The summed E-state index contributed by atoms with van der Waals surface area (Å²) in [5, 5.41) is 10.6. The summed E-state index contributed by atoms with van der Waals surface area (Å²) in [5.41, 5.74) is 0. The number of carbonyl (C=O) groups is 4. The normalized spacial score (nSPS) is 14.6. The number of aliphatic hydroxyl groups is 1. The minimum Gasteiger partial charge on any atom is -0.462 e. The highest BCUT2D eigenvalue weighted by Gasteiger charge is 2.30. The Kier molecular flexibility index (Phi) is 58.5. The van der Waals surface area contributed by atoms with E-state index in [1.54, 1.807) is 0 Å². The van der Waals surface area contributed by atoms with Gasteiger partial charge in [0.2, 0.25) is 0 Å². The zero-order chi connectivity index (χ0) is 66.1. The first-order valence-electron chi connectivity index (χ1n) is 36.2. The lowest BCUT2D eigenvalue weighted by Crippen LogP contribution is -2.30. The SMILES string of the molecule is CCC(C)CCCCCCCCCCCCCCCCC(=O)O[C@H](COC(=O)CCCCCCCCCCC(C)C)COP(=O)(O)OCC(O)COP(=O)(O)OC[C@@H](COC(=O)CCCCCCCCCCC(C)C)OC(=O)CCCCCCCCC(C)C. The molecule has 3 N–H and O–H groups in total. The van der Waals surface area contributed by atoms with Gasteiger partial charge in [0.05, 0.1) is 26.4 Å². The molecular formula is C70H136O17P2. The topological polar surface area (TPSA) is 237 Å². The third kappa shape index (κ3) is 63.2. The summed E-state index contributed by atoms with van der Waals surface area (Å²) < 4.78 is 68.2. The summed E-state index contributed by atoms with van der Waals surface area (Å²) in [6.07, 6.45) is 41.9. The maximum absolute atomic E-state index is 13.0. The first-order valence-corrected chi connectivity index (χ1v) is 39.2. The van der Waals surface area contributed by atoms with Gasteiger partial charge >= 0.3 is 39.5 Å². The number of phosphoric ester groups is 2.